The highest BCUT2D eigenvalue weighted by Crippen LogP contribution is 2.38. The molecule has 0 unspecified atom stereocenters. The Morgan fingerprint density at radius 1 is 1.03 bits per heavy atom. The Labute approximate surface area is 210 Å². The smallest absolute Gasteiger partial charge is 0.410 e. The van der Waals surface area contributed by atoms with Gasteiger partial charge in [0, 0.05) is 54.5 Å². The lowest BCUT2D eigenvalue weighted by atomic mass is 9.98. The van der Waals surface area contributed by atoms with Gasteiger partial charge in [-0.25, -0.2) is 14.8 Å². The summed E-state index contributed by atoms with van der Waals surface area (Å²) in [6, 6.07) is 14.0. The Hall–Kier alpha value is -4.20. The molecular weight excluding hydrogens is 454 g/mol. The predicted octanol–water partition coefficient (Wildman–Crippen LogP) is 5.34. The summed E-state index contributed by atoms with van der Waals surface area (Å²) in [7, 11) is 3.55. The van der Waals surface area contributed by atoms with Gasteiger partial charge in [0.1, 0.15) is 23.4 Å². The molecule has 8 heteroatoms. The van der Waals surface area contributed by atoms with Crippen LogP contribution in [-0.2, 0) is 11.8 Å². The number of hydrogen-bond donors (Lipinski definition) is 0. The van der Waals surface area contributed by atoms with Crippen LogP contribution in [0.2, 0.25) is 0 Å². The highest BCUT2D eigenvalue weighted by Gasteiger charge is 2.27. The SMILES string of the molecule is COc1cc2ncnc(-c3cn(C)nc3-c3ccccc3)c2cc1C1=CCN(C(=O)OC(C)(C)C)C1. The van der Waals surface area contributed by atoms with Gasteiger partial charge in [0.2, 0.25) is 0 Å². The lowest BCUT2D eigenvalue weighted by Gasteiger charge is -2.24. The summed E-state index contributed by atoms with van der Waals surface area (Å²) in [5.74, 6) is 0.693. The van der Waals surface area contributed by atoms with Crippen LogP contribution in [-0.4, -0.2) is 56.5 Å². The molecule has 2 aromatic carbocycles. The highest BCUT2D eigenvalue weighted by atomic mass is 16.6. The van der Waals surface area contributed by atoms with Crippen molar-refractivity contribution in [3.8, 4) is 28.3 Å². The van der Waals surface area contributed by atoms with Crippen LogP contribution in [0.15, 0.2) is 61.1 Å². The van der Waals surface area contributed by atoms with E-state index in [1.165, 1.54) is 0 Å². The topological polar surface area (TPSA) is 82.4 Å². The molecule has 0 saturated heterocycles. The van der Waals surface area contributed by atoms with Crippen molar-refractivity contribution in [2.24, 2.45) is 7.05 Å². The summed E-state index contributed by atoms with van der Waals surface area (Å²) >= 11 is 0. The number of carbonyl (C=O) groups is 1. The molecule has 3 heterocycles. The number of ether oxygens (including phenoxy) is 2. The van der Waals surface area contributed by atoms with Gasteiger partial charge >= 0.3 is 6.09 Å². The first-order valence-corrected chi connectivity index (χ1v) is 11.8. The van der Waals surface area contributed by atoms with E-state index in [0.717, 1.165) is 44.6 Å². The summed E-state index contributed by atoms with van der Waals surface area (Å²) in [4.78, 5) is 23.5. The summed E-state index contributed by atoms with van der Waals surface area (Å²) in [5, 5.41) is 5.60. The van der Waals surface area contributed by atoms with Crippen LogP contribution in [0.4, 0.5) is 4.79 Å². The van der Waals surface area contributed by atoms with Crippen LogP contribution in [0.5, 0.6) is 5.75 Å². The fourth-order valence-corrected chi connectivity index (χ4v) is 4.41. The lowest BCUT2D eigenvalue weighted by Crippen LogP contribution is -2.35. The van der Waals surface area contributed by atoms with E-state index in [-0.39, 0.29) is 6.09 Å². The number of amides is 1. The molecule has 0 bridgehead atoms. The van der Waals surface area contributed by atoms with Gasteiger partial charge in [0.05, 0.1) is 18.3 Å². The van der Waals surface area contributed by atoms with Gasteiger partial charge in [-0.2, -0.15) is 5.10 Å². The number of carbonyl (C=O) groups excluding carboxylic acids is 1. The zero-order valence-corrected chi connectivity index (χ0v) is 21.1. The van der Waals surface area contributed by atoms with E-state index in [1.807, 2.05) is 76.5 Å². The maximum atomic E-state index is 12.6. The van der Waals surface area contributed by atoms with Crippen LogP contribution >= 0.6 is 0 Å². The molecule has 1 amide bonds. The fourth-order valence-electron chi connectivity index (χ4n) is 4.41. The van der Waals surface area contributed by atoms with Crippen molar-refractivity contribution in [2.45, 2.75) is 26.4 Å². The van der Waals surface area contributed by atoms with Crippen molar-refractivity contribution in [3.05, 3.63) is 66.6 Å². The first kappa shape index (κ1) is 23.5. The zero-order valence-electron chi connectivity index (χ0n) is 21.1. The minimum absolute atomic E-state index is 0.333. The van der Waals surface area contributed by atoms with E-state index in [9.17, 15) is 4.79 Å². The number of methoxy groups -OCH3 is 1. The molecule has 0 atom stereocenters. The first-order chi connectivity index (χ1) is 17.2. The number of rotatable bonds is 4. The number of aryl methyl sites for hydroxylation is 1. The maximum Gasteiger partial charge on any atom is 0.410 e. The molecule has 2 aromatic heterocycles. The fraction of sp³-hybridized carbons (Fsp3) is 0.286. The molecule has 1 aliphatic heterocycles. The van der Waals surface area contributed by atoms with Crippen LogP contribution < -0.4 is 4.74 Å². The molecule has 5 rings (SSSR count). The Kier molecular flexibility index (Phi) is 5.96. The molecule has 1 aliphatic rings. The van der Waals surface area contributed by atoms with Crippen molar-refractivity contribution >= 4 is 22.6 Å². The Bertz CT molecular complexity index is 1470. The number of nitrogens with zero attached hydrogens (tertiary/aromatic N) is 5. The van der Waals surface area contributed by atoms with Gasteiger partial charge in [-0.1, -0.05) is 36.4 Å². The third-order valence-corrected chi connectivity index (χ3v) is 6.00. The van der Waals surface area contributed by atoms with Crippen molar-refractivity contribution in [1.29, 1.82) is 0 Å². The van der Waals surface area contributed by atoms with Gasteiger partial charge in [-0.05, 0) is 32.4 Å². The van der Waals surface area contributed by atoms with Gasteiger partial charge in [0.15, 0.2) is 0 Å². The van der Waals surface area contributed by atoms with Gasteiger partial charge in [-0.15, -0.1) is 0 Å². The summed E-state index contributed by atoms with van der Waals surface area (Å²) < 4.78 is 13.1. The third-order valence-electron chi connectivity index (χ3n) is 6.00. The number of fused-ring (bicyclic) bond motifs is 1. The Balaban J connectivity index is 1.58. The van der Waals surface area contributed by atoms with E-state index >= 15 is 0 Å². The molecule has 4 aromatic rings. The predicted molar refractivity (Wildman–Crippen MR) is 140 cm³/mol. The second-order valence-electron chi connectivity index (χ2n) is 9.81. The van der Waals surface area contributed by atoms with Crippen LogP contribution in [0, 0.1) is 0 Å². The molecule has 0 spiro atoms. The zero-order chi connectivity index (χ0) is 25.4. The monoisotopic (exact) mass is 483 g/mol. The Morgan fingerprint density at radius 3 is 2.53 bits per heavy atom. The first-order valence-electron chi connectivity index (χ1n) is 11.8. The molecule has 8 nitrogen and oxygen atoms in total. The second kappa shape index (κ2) is 9.11. The maximum absolute atomic E-state index is 12.6. The minimum Gasteiger partial charge on any atom is -0.496 e. The van der Waals surface area contributed by atoms with Gasteiger partial charge in [-0.3, -0.25) is 4.68 Å². The van der Waals surface area contributed by atoms with E-state index in [4.69, 9.17) is 14.6 Å². The molecule has 0 aliphatic carbocycles. The molecule has 0 saturated carbocycles. The normalized spacial score (nSPS) is 13.7. The van der Waals surface area contributed by atoms with Crippen molar-refractivity contribution in [2.75, 3.05) is 20.2 Å². The van der Waals surface area contributed by atoms with Crippen molar-refractivity contribution < 1.29 is 14.3 Å². The molecule has 0 radical (unpaired) electrons. The number of benzene rings is 2. The lowest BCUT2D eigenvalue weighted by molar-refractivity contribution is 0.0306. The standard InChI is InChI=1S/C28H29N5O3/c1-28(2,3)36-27(34)33-12-11-19(15-33)20-13-21-23(14-24(20)35-5)29-17-30-26(21)22-16-32(4)31-25(22)18-9-7-6-8-10-18/h6-11,13-14,16-17H,12,15H2,1-5H3. The van der Waals surface area contributed by atoms with Crippen LogP contribution in [0.25, 0.3) is 39.0 Å². The number of hydrogen-bond acceptors (Lipinski definition) is 6. The van der Waals surface area contributed by atoms with E-state index in [1.54, 1.807) is 23.0 Å². The van der Waals surface area contributed by atoms with E-state index in [0.29, 0.717) is 18.8 Å². The molecular formula is C28H29N5O3. The molecule has 0 N–H and O–H groups in total. The van der Waals surface area contributed by atoms with Crippen molar-refractivity contribution in [1.82, 2.24) is 24.6 Å². The average molecular weight is 484 g/mol. The van der Waals surface area contributed by atoms with E-state index in [2.05, 4.69) is 16.0 Å². The van der Waals surface area contributed by atoms with Crippen LogP contribution in [0.3, 0.4) is 0 Å². The molecule has 36 heavy (non-hydrogen) atoms. The third kappa shape index (κ3) is 4.54. The largest absolute Gasteiger partial charge is 0.496 e. The minimum atomic E-state index is -0.549. The number of aromatic nitrogens is 4. The average Bonchev–Trinajstić information content (AvgIpc) is 3.49. The summed E-state index contributed by atoms with van der Waals surface area (Å²) in [6.45, 7) is 6.51. The Morgan fingerprint density at radius 2 is 1.81 bits per heavy atom. The highest BCUT2D eigenvalue weighted by molar-refractivity contribution is 5.99. The second-order valence-corrected chi connectivity index (χ2v) is 9.81. The molecule has 0 fully saturated rings. The van der Waals surface area contributed by atoms with Gasteiger partial charge in [0.25, 0.3) is 0 Å². The van der Waals surface area contributed by atoms with Gasteiger partial charge < -0.3 is 14.4 Å². The molecule has 184 valence electrons. The quantitative estimate of drug-likeness (QED) is 0.390. The van der Waals surface area contributed by atoms with Crippen molar-refractivity contribution in [3.63, 3.8) is 0 Å². The van der Waals surface area contributed by atoms with Crippen LogP contribution in [0.1, 0.15) is 26.3 Å². The van der Waals surface area contributed by atoms with E-state index < -0.39 is 5.60 Å². The summed E-state index contributed by atoms with van der Waals surface area (Å²) in [5.41, 5.74) is 5.69. The summed E-state index contributed by atoms with van der Waals surface area (Å²) in [6.07, 6.45) is 5.25.